The summed E-state index contributed by atoms with van der Waals surface area (Å²) in [7, 11) is 0. The molecule has 0 rings (SSSR count). The molecule has 0 saturated heterocycles. The van der Waals surface area contributed by atoms with Crippen LogP contribution in [0.15, 0.2) is 0 Å². The van der Waals surface area contributed by atoms with Crippen molar-refractivity contribution in [3.63, 3.8) is 0 Å². The van der Waals surface area contributed by atoms with Gasteiger partial charge in [-0.1, -0.05) is 0 Å². The van der Waals surface area contributed by atoms with Gasteiger partial charge in [0, 0.05) is 0 Å². The summed E-state index contributed by atoms with van der Waals surface area (Å²) in [5.41, 5.74) is 0. The Hall–Kier alpha value is 0.220. The van der Waals surface area contributed by atoms with Crippen LogP contribution in [0.5, 0.6) is 0 Å². The molecule has 0 aliphatic carbocycles. The zero-order valence-electron chi connectivity index (χ0n) is 2.34. The van der Waals surface area contributed by atoms with Crippen molar-refractivity contribution >= 4 is 9.90 Å². The number of rotatable bonds is 0. The zero-order chi connectivity index (χ0) is 3.58. The van der Waals surface area contributed by atoms with Gasteiger partial charge >= 0.3 is 6.68 Å². The molecule has 0 aromatic carbocycles. The molecular formula is CH3F3P. The van der Waals surface area contributed by atoms with E-state index >= 15 is 0 Å². The van der Waals surface area contributed by atoms with Crippen molar-refractivity contribution in [3.05, 3.63) is 6.68 Å². The second kappa shape index (κ2) is 4.22. The Morgan fingerprint density at radius 2 is 1.00 bits per heavy atom. The first-order chi connectivity index (χ1) is 1.73. The Labute approximate surface area is 31.0 Å². The first-order valence-corrected chi connectivity index (χ1v) is 0.567. The summed E-state index contributed by atoms with van der Waals surface area (Å²) < 4.78 is 28.8. The van der Waals surface area contributed by atoms with E-state index in [-0.39, 0.29) is 9.90 Å². The molecule has 0 aliphatic heterocycles. The third-order valence-electron chi connectivity index (χ3n) is 0. The minimum absolute atomic E-state index is 0. The lowest BCUT2D eigenvalue weighted by atomic mass is 11.6. The van der Waals surface area contributed by atoms with Gasteiger partial charge in [0.15, 0.2) is 0 Å². The monoisotopic (exact) mass is 103 g/mol. The molecule has 0 heterocycles. The van der Waals surface area contributed by atoms with Crippen molar-refractivity contribution in [2.24, 2.45) is 0 Å². The zero-order valence-corrected chi connectivity index (χ0v) is 3.76. The van der Waals surface area contributed by atoms with Crippen LogP contribution in [-0.2, 0) is 0 Å². The van der Waals surface area contributed by atoms with Gasteiger partial charge in [-0.3, -0.25) is 0 Å². The predicted octanol–water partition coefficient (Wildman–Crippen LogP) is 1.40. The highest BCUT2D eigenvalue weighted by molar-refractivity contribution is 6.92. The van der Waals surface area contributed by atoms with Gasteiger partial charge in [0.25, 0.3) is 0 Å². The molecule has 33 valence electrons. The van der Waals surface area contributed by atoms with Crippen LogP contribution in [0.1, 0.15) is 0 Å². The number of halogens is 3. The molecule has 0 bridgehead atoms. The standard InChI is InChI=1S/CF3.H3P/c2-1(3)4;/h;1H3. The lowest BCUT2D eigenvalue weighted by Crippen LogP contribution is -1.49. The Morgan fingerprint density at radius 3 is 1.00 bits per heavy atom. The second-order valence-electron chi connectivity index (χ2n) is 0.214. The number of hydrogen-bond acceptors (Lipinski definition) is 0. The average Bonchev–Trinajstić information content (AvgIpc) is 0.811. The van der Waals surface area contributed by atoms with Crippen LogP contribution < -0.4 is 0 Å². The molecule has 0 saturated carbocycles. The van der Waals surface area contributed by atoms with Crippen LogP contribution in [0.3, 0.4) is 0 Å². The fourth-order valence-electron chi connectivity index (χ4n) is 0. The van der Waals surface area contributed by atoms with Gasteiger partial charge < -0.3 is 0 Å². The van der Waals surface area contributed by atoms with Crippen LogP contribution in [0.25, 0.3) is 0 Å². The number of hydrogen-bond donors (Lipinski definition) is 0. The van der Waals surface area contributed by atoms with Crippen molar-refractivity contribution in [1.29, 1.82) is 0 Å². The lowest BCUT2D eigenvalue weighted by molar-refractivity contribution is 0.142. The molecule has 1 unspecified atom stereocenters. The van der Waals surface area contributed by atoms with E-state index in [9.17, 15) is 13.2 Å². The maximum absolute atomic E-state index is 9.58. The Morgan fingerprint density at radius 1 is 1.00 bits per heavy atom. The van der Waals surface area contributed by atoms with Crippen molar-refractivity contribution < 1.29 is 13.2 Å². The van der Waals surface area contributed by atoms with E-state index in [4.69, 9.17) is 0 Å². The minimum atomic E-state index is -3.08. The Balaban J connectivity index is 0. The van der Waals surface area contributed by atoms with Gasteiger partial charge in [-0.25, -0.2) is 0 Å². The highest BCUT2D eigenvalue weighted by Crippen LogP contribution is 1.99. The first kappa shape index (κ1) is 8.97. The van der Waals surface area contributed by atoms with Crippen LogP contribution in [0, 0.1) is 6.68 Å². The normalized spacial score (nSPS) is 7.20. The summed E-state index contributed by atoms with van der Waals surface area (Å²) >= 11 is 0. The van der Waals surface area contributed by atoms with Crippen molar-refractivity contribution in [2.75, 3.05) is 0 Å². The molecule has 4 heteroatoms. The highest BCUT2D eigenvalue weighted by atomic mass is 31.0. The summed E-state index contributed by atoms with van der Waals surface area (Å²) in [4.78, 5) is 0. The van der Waals surface area contributed by atoms with E-state index in [0.29, 0.717) is 0 Å². The van der Waals surface area contributed by atoms with Crippen LogP contribution in [-0.4, -0.2) is 0 Å². The third kappa shape index (κ3) is 430. The van der Waals surface area contributed by atoms with Gasteiger partial charge in [-0.05, 0) is 0 Å². The smallest absolute Gasteiger partial charge is 0.162 e. The van der Waals surface area contributed by atoms with Gasteiger partial charge in [0.2, 0.25) is 0 Å². The molecule has 0 fully saturated rings. The van der Waals surface area contributed by atoms with Gasteiger partial charge in [-0.2, -0.15) is 23.1 Å². The van der Waals surface area contributed by atoms with Crippen molar-refractivity contribution in [1.82, 2.24) is 0 Å². The molecule has 0 aliphatic rings. The molecule has 0 nitrogen and oxygen atoms in total. The lowest BCUT2D eigenvalue weighted by Gasteiger charge is -1.60. The highest BCUT2D eigenvalue weighted by Gasteiger charge is 1.93. The first-order valence-electron chi connectivity index (χ1n) is 0.567. The molecule has 1 radical (unpaired) electrons. The van der Waals surface area contributed by atoms with Crippen LogP contribution in [0.4, 0.5) is 13.2 Å². The minimum Gasteiger partial charge on any atom is -0.162 e. The summed E-state index contributed by atoms with van der Waals surface area (Å²) in [6.45, 7) is -3.08. The van der Waals surface area contributed by atoms with E-state index < -0.39 is 6.68 Å². The molecule has 0 spiro atoms. The molecule has 5 heavy (non-hydrogen) atoms. The Kier molecular flexibility index (Phi) is 7.57. The average molecular weight is 103 g/mol. The van der Waals surface area contributed by atoms with Crippen LogP contribution >= 0.6 is 9.90 Å². The van der Waals surface area contributed by atoms with Gasteiger partial charge in [-0.15, -0.1) is 0 Å². The second-order valence-corrected chi connectivity index (χ2v) is 0.214. The van der Waals surface area contributed by atoms with E-state index in [1.165, 1.54) is 0 Å². The summed E-state index contributed by atoms with van der Waals surface area (Å²) in [5, 5.41) is 0. The maximum Gasteiger partial charge on any atom is 0.487 e. The molecule has 0 amide bonds. The molecule has 0 aromatic rings. The topological polar surface area (TPSA) is 0 Å². The van der Waals surface area contributed by atoms with E-state index in [2.05, 4.69) is 0 Å². The molecule has 1 atom stereocenters. The predicted molar refractivity (Wildman–Crippen MR) is 17.7 cm³/mol. The van der Waals surface area contributed by atoms with Crippen LogP contribution in [0.2, 0.25) is 0 Å². The SMILES string of the molecule is F[C](F)F.P. The van der Waals surface area contributed by atoms with Crippen molar-refractivity contribution in [3.8, 4) is 0 Å². The van der Waals surface area contributed by atoms with Gasteiger partial charge in [0.05, 0.1) is 0 Å². The van der Waals surface area contributed by atoms with Crippen molar-refractivity contribution in [2.45, 2.75) is 0 Å². The van der Waals surface area contributed by atoms with Gasteiger partial charge in [0.1, 0.15) is 0 Å². The fraction of sp³-hybridized carbons (Fsp3) is 0. The summed E-state index contributed by atoms with van der Waals surface area (Å²) in [5.74, 6) is 0. The quantitative estimate of drug-likeness (QED) is 0.406. The largest absolute Gasteiger partial charge is 0.487 e. The van der Waals surface area contributed by atoms with E-state index in [0.717, 1.165) is 0 Å². The molecular weight excluding hydrogens is 100.0 g/mol. The summed E-state index contributed by atoms with van der Waals surface area (Å²) in [6, 6.07) is 0. The molecule has 0 N–H and O–H groups in total. The molecule has 0 aromatic heterocycles. The Bertz CT molecular complexity index is 11.6. The van der Waals surface area contributed by atoms with E-state index in [1.54, 1.807) is 0 Å². The maximum atomic E-state index is 9.58. The summed E-state index contributed by atoms with van der Waals surface area (Å²) in [6.07, 6.45) is 0. The third-order valence-corrected chi connectivity index (χ3v) is 0. The fourth-order valence-corrected chi connectivity index (χ4v) is 0. The van der Waals surface area contributed by atoms with E-state index in [1.807, 2.05) is 0 Å².